The molecule has 0 nitrogen and oxygen atoms in total. The molecule has 2 atom stereocenters. The van der Waals surface area contributed by atoms with Gasteiger partial charge in [0.2, 0.25) is 0 Å². The maximum atomic E-state index is 4.46. The minimum atomic E-state index is 0.638. The number of hydrogen-bond acceptors (Lipinski definition) is 0. The Labute approximate surface area is 167 Å². The number of unbranched alkanes of at least 4 members (excludes halogenated alkanes) is 2. The van der Waals surface area contributed by atoms with E-state index in [1.165, 1.54) is 73.6 Å². The van der Waals surface area contributed by atoms with Crippen molar-refractivity contribution in [1.29, 1.82) is 0 Å². The van der Waals surface area contributed by atoms with E-state index in [-0.39, 0.29) is 0 Å². The summed E-state index contributed by atoms with van der Waals surface area (Å²) in [6.07, 6.45) is 10.4. The van der Waals surface area contributed by atoms with Crippen molar-refractivity contribution in [1.82, 2.24) is 0 Å². The maximum Gasteiger partial charge on any atom is -0.0162 e. The highest BCUT2D eigenvalue weighted by Crippen LogP contribution is 2.30. The average molecular weight is 363 g/mol. The summed E-state index contributed by atoms with van der Waals surface area (Å²) in [5.74, 6) is 1.42. The van der Waals surface area contributed by atoms with Crippen LogP contribution in [0.5, 0.6) is 0 Å². The van der Waals surface area contributed by atoms with Crippen LogP contribution in [0.15, 0.2) is 61.2 Å². The van der Waals surface area contributed by atoms with Crippen LogP contribution in [0.25, 0.3) is 5.57 Å². The quantitative estimate of drug-likeness (QED) is 0.333. The highest BCUT2D eigenvalue weighted by molar-refractivity contribution is 5.65. The van der Waals surface area contributed by atoms with Crippen molar-refractivity contribution in [3.05, 3.63) is 77.9 Å². The van der Waals surface area contributed by atoms with Gasteiger partial charge in [-0.3, -0.25) is 0 Å². The highest BCUT2D eigenvalue weighted by Gasteiger charge is 2.13. The minimum Gasteiger partial charge on any atom is -0.0950 e. The molecule has 27 heavy (non-hydrogen) atoms. The van der Waals surface area contributed by atoms with Gasteiger partial charge in [0.05, 0.1) is 0 Å². The molecule has 0 aliphatic heterocycles. The van der Waals surface area contributed by atoms with E-state index >= 15 is 0 Å². The maximum absolute atomic E-state index is 4.46. The lowest BCUT2D eigenvalue weighted by Crippen LogP contribution is -2.04. The van der Waals surface area contributed by atoms with Gasteiger partial charge in [0, 0.05) is 0 Å². The summed E-state index contributed by atoms with van der Waals surface area (Å²) in [7, 11) is 0. The van der Waals surface area contributed by atoms with Gasteiger partial charge in [0.25, 0.3) is 0 Å². The Morgan fingerprint density at radius 1 is 0.889 bits per heavy atom. The van der Waals surface area contributed by atoms with E-state index in [0.717, 1.165) is 5.92 Å². The van der Waals surface area contributed by atoms with Crippen molar-refractivity contribution in [2.45, 2.75) is 72.1 Å². The van der Waals surface area contributed by atoms with E-state index < -0.39 is 0 Å². The summed E-state index contributed by atoms with van der Waals surface area (Å²) in [6.45, 7) is 11.3. The molecule has 0 amide bonds. The van der Waals surface area contributed by atoms with Crippen molar-refractivity contribution >= 4 is 5.57 Å². The van der Waals surface area contributed by atoms with Gasteiger partial charge in [-0.15, -0.1) is 0 Å². The van der Waals surface area contributed by atoms with Gasteiger partial charge < -0.3 is 0 Å². The van der Waals surface area contributed by atoms with Gasteiger partial charge in [-0.25, -0.2) is 0 Å². The molecule has 146 valence electrons. The first kappa shape index (κ1) is 21.5. The van der Waals surface area contributed by atoms with Gasteiger partial charge in [-0.1, -0.05) is 113 Å². The first-order chi connectivity index (χ1) is 13.1. The molecular formula is C27H38. The summed E-state index contributed by atoms with van der Waals surface area (Å²) in [5.41, 5.74) is 5.49. The molecule has 2 aromatic carbocycles. The summed E-state index contributed by atoms with van der Waals surface area (Å²) in [6, 6.07) is 19.7. The Balaban J connectivity index is 1.72. The summed E-state index contributed by atoms with van der Waals surface area (Å²) in [4.78, 5) is 0. The largest absolute Gasteiger partial charge is 0.0950 e. The third-order valence-electron chi connectivity index (χ3n) is 5.70. The third-order valence-corrected chi connectivity index (χ3v) is 5.70. The van der Waals surface area contributed by atoms with Gasteiger partial charge >= 0.3 is 0 Å². The van der Waals surface area contributed by atoms with Crippen LogP contribution in [-0.2, 0) is 6.42 Å². The Kier molecular flexibility index (Phi) is 9.39. The molecule has 0 heteroatoms. The number of hydrogen-bond donors (Lipinski definition) is 0. The second-order valence-electron chi connectivity index (χ2n) is 8.31. The molecule has 0 saturated heterocycles. The third kappa shape index (κ3) is 7.75. The van der Waals surface area contributed by atoms with Crippen LogP contribution in [0.3, 0.4) is 0 Å². The summed E-state index contributed by atoms with van der Waals surface area (Å²) < 4.78 is 0. The van der Waals surface area contributed by atoms with Crippen LogP contribution in [0.2, 0.25) is 0 Å². The molecule has 0 saturated carbocycles. The van der Waals surface area contributed by atoms with E-state index in [4.69, 9.17) is 0 Å². The molecule has 0 aromatic heterocycles. The van der Waals surface area contributed by atoms with Crippen molar-refractivity contribution in [3.63, 3.8) is 0 Å². The molecule has 0 fully saturated rings. The summed E-state index contributed by atoms with van der Waals surface area (Å²) >= 11 is 0. The summed E-state index contributed by atoms with van der Waals surface area (Å²) in [5, 5.41) is 0. The van der Waals surface area contributed by atoms with E-state index in [0.29, 0.717) is 5.92 Å². The van der Waals surface area contributed by atoms with Crippen molar-refractivity contribution in [2.24, 2.45) is 11.8 Å². The van der Waals surface area contributed by atoms with Crippen LogP contribution in [0, 0.1) is 18.8 Å². The van der Waals surface area contributed by atoms with Crippen molar-refractivity contribution < 1.29 is 0 Å². The lowest BCUT2D eigenvalue weighted by Gasteiger charge is -2.20. The first-order valence-electron chi connectivity index (χ1n) is 10.9. The second-order valence-corrected chi connectivity index (χ2v) is 8.31. The predicted molar refractivity (Wildman–Crippen MR) is 121 cm³/mol. The van der Waals surface area contributed by atoms with E-state index in [1.807, 2.05) is 0 Å². The minimum absolute atomic E-state index is 0.638. The number of allylic oxidation sites excluding steroid dienone is 1. The molecule has 0 aliphatic rings. The monoisotopic (exact) mass is 362 g/mol. The molecule has 2 aromatic rings. The molecule has 0 bridgehead atoms. The van der Waals surface area contributed by atoms with Crippen molar-refractivity contribution in [2.75, 3.05) is 0 Å². The molecular weight excluding hydrogens is 324 g/mol. The van der Waals surface area contributed by atoms with Crippen LogP contribution in [0.1, 0.15) is 75.5 Å². The molecule has 0 N–H and O–H groups in total. The zero-order chi connectivity index (χ0) is 19.5. The zero-order valence-corrected chi connectivity index (χ0v) is 17.7. The standard InChI is InChI=1S/C27H38/c1-5-13-26(24(4)27-19-12-15-23(3)21-27)18-11-6-8-14-22(2)20-25-16-9-7-10-17-25/h7,9-10,12,15-17,19,21-22,26H,4-6,8,11,13-14,18,20H2,1-3H3. The van der Waals surface area contributed by atoms with E-state index in [1.54, 1.807) is 0 Å². The van der Waals surface area contributed by atoms with Crippen LogP contribution in [0.4, 0.5) is 0 Å². The van der Waals surface area contributed by atoms with Gasteiger partial charge in [0.1, 0.15) is 0 Å². The number of benzene rings is 2. The number of aryl methyl sites for hydroxylation is 1. The lowest BCUT2D eigenvalue weighted by atomic mass is 9.85. The molecule has 0 spiro atoms. The topological polar surface area (TPSA) is 0 Å². The Hall–Kier alpha value is -1.82. The fourth-order valence-corrected chi connectivity index (χ4v) is 4.10. The van der Waals surface area contributed by atoms with Crippen molar-refractivity contribution in [3.8, 4) is 0 Å². The average Bonchev–Trinajstić information content (AvgIpc) is 2.67. The van der Waals surface area contributed by atoms with Crippen LogP contribution >= 0.6 is 0 Å². The highest BCUT2D eigenvalue weighted by atomic mass is 14.2. The Bertz CT molecular complexity index is 667. The van der Waals surface area contributed by atoms with Gasteiger partial charge in [0.15, 0.2) is 0 Å². The van der Waals surface area contributed by atoms with E-state index in [9.17, 15) is 0 Å². The fourth-order valence-electron chi connectivity index (χ4n) is 4.10. The predicted octanol–water partition coefficient (Wildman–Crippen LogP) is 8.25. The normalized spacial score (nSPS) is 13.3. The molecule has 2 unspecified atom stereocenters. The molecule has 2 rings (SSSR count). The Morgan fingerprint density at radius 2 is 1.63 bits per heavy atom. The molecule has 0 radical (unpaired) electrons. The molecule has 0 aliphatic carbocycles. The second kappa shape index (κ2) is 11.8. The lowest BCUT2D eigenvalue weighted by molar-refractivity contribution is 0.461. The first-order valence-corrected chi connectivity index (χ1v) is 10.9. The van der Waals surface area contributed by atoms with Gasteiger partial charge in [-0.2, -0.15) is 0 Å². The van der Waals surface area contributed by atoms with Gasteiger partial charge in [-0.05, 0) is 54.7 Å². The SMILES string of the molecule is C=C(c1cccc(C)c1)C(CCC)CCCCCC(C)Cc1ccccc1. The van der Waals surface area contributed by atoms with E-state index in [2.05, 4.69) is 81.9 Å². The zero-order valence-electron chi connectivity index (χ0n) is 17.7. The Morgan fingerprint density at radius 3 is 2.33 bits per heavy atom. The smallest absolute Gasteiger partial charge is 0.0162 e. The van der Waals surface area contributed by atoms with Crippen LogP contribution < -0.4 is 0 Å². The fraction of sp³-hybridized carbons (Fsp3) is 0.481. The van der Waals surface area contributed by atoms with Crippen LogP contribution in [-0.4, -0.2) is 0 Å². The molecule has 0 heterocycles. The number of rotatable bonds is 12.